The van der Waals surface area contributed by atoms with E-state index in [1.54, 1.807) is 29.3 Å². The second kappa shape index (κ2) is 7.11. The van der Waals surface area contributed by atoms with Gasteiger partial charge < -0.3 is 14.5 Å². The van der Waals surface area contributed by atoms with Crippen LogP contribution in [-0.2, 0) is 17.9 Å². The molecular formula is C22H25N5O4. The van der Waals surface area contributed by atoms with Crippen molar-refractivity contribution >= 4 is 18.2 Å². The summed E-state index contributed by atoms with van der Waals surface area (Å²) >= 11 is 0. The van der Waals surface area contributed by atoms with E-state index in [0.717, 1.165) is 29.0 Å². The number of carbonyl (C=O) groups is 2. The molecular weight excluding hydrogens is 398 g/mol. The lowest BCUT2D eigenvalue weighted by Crippen LogP contribution is -2.55. The van der Waals surface area contributed by atoms with Crippen molar-refractivity contribution in [3.8, 4) is 5.75 Å². The van der Waals surface area contributed by atoms with E-state index in [1.165, 1.54) is 4.90 Å². The first-order valence-electron chi connectivity index (χ1n) is 10.5. The van der Waals surface area contributed by atoms with Gasteiger partial charge in [-0.3, -0.25) is 14.7 Å². The number of urea groups is 1. The number of carbonyl (C=O) groups excluding carboxylic acids is 2. The van der Waals surface area contributed by atoms with Gasteiger partial charge in [0.15, 0.2) is 0 Å². The van der Waals surface area contributed by atoms with Crippen LogP contribution in [0.3, 0.4) is 0 Å². The maximum absolute atomic E-state index is 13.4. The zero-order valence-electron chi connectivity index (χ0n) is 17.6. The Morgan fingerprint density at radius 1 is 1.23 bits per heavy atom. The Labute approximate surface area is 179 Å². The summed E-state index contributed by atoms with van der Waals surface area (Å²) in [5.74, 6) is 0.752. The Kier molecular flexibility index (Phi) is 4.49. The molecule has 31 heavy (non-hydrogen) atoms. The van der Waals surface area contributed by atoms with Crippen molar-refractivity contribution in [2.45, 2.75) is 57.8 Å². The van der Waals surface area contributed by atoms with Gasteiger partial charge in [0.1, 0.15) is 17.0 Å². The zero-order chi connectivity index (χ0) is 21.8. The Balaban J connectivity index is 1.35. The van der Waals surface area contributed by atoms with E-state index in [4.69, 9.17) is 4.52 Å². The summed E-state index contributed by atoms with van der Waals surface area (Å²) in [6.45, 7) is 5.00. The molecule has 1 saturated heterocycles. The smallest absolute Gasteiger partial charge is 0.328 e. The van der Waals surface area contributed by atoms with Gasteiger partial charge in [-0.15, -0.1) is 0 Å². The molecule has 1 atom stereocenters. The Hall–Kier alpha value is -3.36. The number of hydrogen-bond donors (Lipinski definition) is 1. The molecule has 9 nitrogen and oxygen atoms in total. The minimum absolute atomic E-state index is 0.139. The number of amides is 3. The van der Waals surface area contributed by atoms with Crippen LogP contribution in [0.4, 0.5) is 4.79 Å². The predicted molar refractivity (Wildman–Crippen MR) is 111 cm³/mol. The third-order valence-electron chi connectivity index (χ3n) is 6.66. The third kappa shape index (κ3) is 3.07. The van der Waals surface area contributed by atoms with Gasteiger partial charge in [0.2, 0.25) is 0 Å². The van der Waals surface area contributed by atoms with Crippen molar-refractivity contribution in [3.63, 3.8) is 0 Å². The van der Waals surface area contributed by atoms with Crippen LogP contribution in [0.2, 0.25) is 0 Å². The van der Waals surface area contributed by atoms with E-state index in [-0.39, 0.29) is 17.7 Å². The molecule has 3 heterocycles. The van der Waals surface area contributed by atoms with Crippen molar-refractivity contribution in [1.29, 1.82) is 0 Å². The lowest BCUT2D eigenvalue weighted by molar-refractivity contribution is -0.138. The molecule has 1 aliphatic carbocycles. The number of hydrogen-bond acceptors (Lipinski definition) is 7. The zero-order valence-corrected chi connectivity index (χ0v) is 17.6. The highest BCUT2D eigenvalue weighted by Crippen LogP contribution is 2.45. The Bertz CT molecular complexity index is 1050. The second-order valence-corrected chi connectivity index (χ2v) is 8.58. The quantitative estimate of drug-likeness (QED) is 0.742. The van der Waals surface area contributed by atoms with Crippen LogP contribution in [0.1, 0.15) is 41.8 Å². The maximum atomic E-state index is 13.4. The number of aryl methyl sites for hydroxylation is 2. The minimum atomic E-state index is -0.772. The number of phenolic OH excluding ortho intramolecular Hbond substituents is 1. The molecule has 3 amide bonds. The summed E-state index contributed by atoms with van der Waals surface area (Å²) in [4.78, 5) is 29.9. The van der Waals surface area contributed by atoms with Crippen LogP contribution < -0.4 is 0 Å². The van der Waals surface area contributed by atoms with E-state index in [9.17, 15) is 14.7 Å². The van der Waals surface area contributed by atoms with Crippen LogP contribution in [0.25, 0.3) is 0 Å². The largest absolute Gasteiger partial charge is 0.508 e. The number of nitrogens with zero attached hydrogens (tertiary/aromatic N) is 5. The van der Waals surface area contributed by atoms with Gasteiger partial charge in [-0.1, -0.05) is 17.3 Å². The summed E-state index contributed by atoms with van der Waals surface area (Å²) in [7, 11) is 0. The lowest BCUT2D eigenvalue weighted by atomic mass is 9.75. The number of imide groups is 1. The van der Waals surface area contributed by atoms with E-state index >= 15 is 0 Å². The van der Waals surface area contributed by atoms with E-state index in [2.05, 4.69) is 10.3 Å². The number of benzene rings is 1. The van der Waals surface area contributed by atoms with E-state index in [0.29, 0.717) is 32.5 Å². The fraction of sp³-hybridized carbons (Fsp3) is 0.455. The Morgan fingerprint density at radius 2 is 2.03 bits per heavy atom. The molecule has 1 spiro atoms. The summed E-state index contributed by atoms with van der Waals surface area (Å²) in [6.07, 6.45) is 3.93. The van der Waals surface area contributed by atoms with Crippen molar-refractivity contribution < 1.29 is 19.2 Å². The lowest BCUT2D eigenvalue weighted by Gasteiger charge is -2.42. The summed E-state index contributed by atoms with van der Waals surface area (Å²) in [6, 6.07) is 6.13. The average Bonchev–Trinajstić information content (AvgIpc) is 3.34. The molecule has 1 aromatic carbocycles. The highest BCUT2D eigenvalue weighted by Gasteiger charge is 2.61. The monoisotopic (exact) mass is 423 g/mol. The molecule has 2 fully saturated rings. The molecule has 0 radical (unpaired) electrons. The van der Waals surface area contributed by atoms with Crippen molar-refractivity contribution in [2.75, 3.05) is 6.54 Å². The molecule has 162 valence electrons. The molecule has 1 saturated carbocycles. The first kappa shape index (κ1) is 19.6. The number of aromatic nitrogens is 1. The standard InChI is InChI=1S/C22H25N5O4/c1-14-19(15(2)31-24-14)13-25-12-17(10-23-25)27-20(29)22(7-4-8-22)26(21(27)30)11-16-5-3-6-18(28)9-16/h3,5-6,9-10,17,28H,4,7-8,11-13H2,1-2H3. The predicted octanol–water partition coefficient (Wildman–Crippen LogP) is 2.55. The van der Waals surface area contributed by atoms with Gasteiger partial charge in [-0.2, -0.15) is 5.10 Å². The summed E-state index contributed by atoms with van der Waals surface area (Å²) in [5.41, 5.74) is 1.81. The maximum Gasteiger partial charge on any atom is 0.328 e. The molecule has 1 N–H and O–H groups in total. The fourth-order valence-electron chi connectivity index (χ4n) is 4.73. The molecule has 3 aliphatic rings. The van der Waals surface area contributed by atoms with Gasteiger partial charge in [0.25, 0.3) is 5.91 Å². The molecule has 9 heteroatoms. The second-order valence-electron chi connectivity index (χ2n) is 8.58. The highest BCUT2D eigenvalue weighted by atomic mass is 16.5. The van der Waals surface area contributed by atoms with Crippen molar-refractivity contribution in [1.82, 2.24) is 20.0 Å². The van der Waals surface area contributed by atoms with Crippen molar-refractivity contribution in [2.24, 2.45) is 5.10 Å². The number of rotatable bonds is 5. The van der Waals surface area contributed by atoms with Crippen LogP contribution >= 0.6 is 0 Å². The molecule has 5 rings (SSSR count). The van der Waals surface area contributed by atoms with Crippen LogP contribution in [-0.4, -0.2) is 61.4 Å². The van der Waals surface area contributed by atoms with Gasteiger partial charge in [-0.25, -0.2) is 4.79 Å². The van der Waals surface area contributed by atoms with Crippen LogP contribution in [0, 0.1) is 13.8 Å². The third-order valence-corrected chi connectivity index (χ3v) is 6.66. The normalized spacial score (nSPS) is 22.1. The number of hydrazone groups is 1. The first-order valence-corrected chi connectivity index (χ1v) is 10.5. The number of phenols is 1. The fourth-order valence-corrected chi connectivity index (χ4v) is 4.73. The highest BCUT2D eigenvalue weighted by molar-refractivity contribution is 6.09. The molecule has 1 unspecified atom stereocenters. The van der Waals surface area contributed by atoms with Gasteiger partial charge in [0.05, 0.1) is 24.8 Å². The summed E-state index contributed by atoms with van der Waals surface area (Å²) in [5, 5.41) is 20.0. The number of aromatic hydroxyl groups is 1. The van der Waals surface area contributed by atoms with Gasteiger partial charge >= 0.3 is 6.03 Å². The minimum Gasteiger partial charge on any atom is -0.508 e. The average molecular weight is 423 g/mol. The topological polar surface area (TPSA) is 102 Å². The molecule has 2 aromatic rings. The molecule has 2 aliphatic heterocycles. The van der Waals surface area contributed by atoms with E-state index < -0.39 is 11.6 Å². The molecule has 1 aromatic heterocycles. The van der Waals surface area contributed by atoms with Crippen LogP contribution in [0.5, 0.6) is 5.75 Å². The van der Waals surface area contributed by atoms with Gasteiger partial charge in [0, 0.05) is 18.3 Å². The Morgan fingerprint density at radius 3 is 2.68 bits per heavy atom. The SMILES string of the molecule is Cc1noc(C)c1CN1CC(N2C(=O)N(Cc3cccc(O)c3)C3(CCC3)C2=O)C=N1. The van der Waals surface area contributed by atoms with Gasteiger partial charge in [-0.05, 0) is 50.8 Å². The van der Waals surface area contributed by atoms with Crippen molar-refractivity contribution in [3.05, 3.63) is 46.8 Å². The first-order chi connectivity index (χ1) is 14.9. The molecule has 0 bridgehead atoms. The summed E-state index contributed by atoms with van der Waals surface area (Å²) < 4.78 is 5.22. The van der Waals surface area contributed by atoms with Crippen LogP contribution in [0.15, 0.2) is 33.9 Å². The van der Waals surface area contributed by atoms with E-state index in [1.807, 2.05) is 24.9 Å².